The summed E-state index contributed by atoms with van der Waals surface area (Å²) in [7, 11) is 1.84. The van der Waals surface area contributed by atoms with Crippen LogP contribution in [0.4, 0.5) is 0 Å². The first-order chi connectivity index (χ1) is 8.98. The maximum Gasteiger partial charge on any atom is 0.243 e. The van der Waals surface area contributed by atoms with E-state index in [0.717, 1.165) is 25.0 Å². The second-order valence-corrected chi connectivity index (χ2v) is 6.23. The summed E-state index contributed by atoms with van der Waals surface area (Å²) in [5, 5.41) is 9.51. The highest BCUT2D eigenvalue weighted by Gasteiger charge is 2.39. The van der Waals surface area contributed by atoms with Gasteiger partial charge in [-0.1, -0.05) is 26.7 Å². The summed E-state index contributed by atoms with van der Waals surface area (Å²) in [6.45, 7) is 6.13. The maximum absolute atomic E-state index is 12.7. The van der Waals surface area contributed by atoms with E-state index in [-0.39, 0.29) is 11.9 Å². The summed E-state index contributed by atoms with van der Waals surface area (Å²) >= 11 is 1.79. The van der Waals surface area contributed by atoms with E-state index in [2.05, 4.69) is 19.2 Å². The molecule has 0 aromatic rings. The van der Waals surface area contributed by atoms with Gasteiger partial charge < -0.3 is 4.90 Å². The Morgan fingerprint density at radius 2 is 1.89 bits per heavy atom. The smallest absolute Gasteiger partial charge is 0.243 e. The molecule has 1 atom stereocenters. The van der Waals surface area contributed by atoms with Crippen molar-refractivity contribution in [3.05, 3.63) is 0 Å². The van der Waals surface area contributed by atoms with Crippen LogP contribution in [0.25, 0.3) is 0 Å². The van der Waals surface area contributed by atoms with Gasteiger partial charge in [0.15, 0.2) is 0 Å². The molecule has 4 heteroatoms. The number of thioether (sulfide) groups is 1. The lowest BCUT2D eigenvalue weighted by Crippen LogP contribution is -2.45. The Morgan fingerprint density at radius 3 is 2.26 bits per heavy atom. The van der Waals surface area contributed by atoms with Gasteiger partial charge in [0.1, 0.15) is 5.41 Å². The molecule has 1 amide bonds. The van der Waals surface area contributed by atoms with E-state index in [0.29, 0.717) is 12.8 Å². The van der Waals surface area contributed by atoms with Gasteiger partial charge >= 0.3 is 0 Å². The first-order valence-electron chi connectivity index (χ1n) is 7.16. The van der Waals surface area contributed by atoms with Crippen molar-refractivity contribution in [3.63, 3.8) is 0 Å². The lowest BCUT2D eigenvalue weighted by atomic mass is 9.79. The third kappa shape index (κ3) is 5.06. The second-order valence-electron chi connectivity index (χ2n) is 5.24. The minimum atomic E-state index is -0.814. The van der Waals surface area contributed by atoms with Crippen molar-refractivity contribution in [2.45, 2.75) is 58.9 Å². The fourth-order valence-corrected chi connectivity index (χ4v) is 2.95. The van der Waals surface area contributed by atoms with Crippen molar-refractivity contribution in [2.75, 3.05) is 19.1 Å². The van der Waals surface area contributed by atoms with Crippen molar-refractivity contribution in [2.24, 2.45) is 5.41 Å². The molecule has 0 aliphatic heterocycles. The largest absolute Gasteiger partial charge is 0.342 e. The summed E-state index contributed by atoms with van der Waals surface area (Å²) in [5.41, 5.74) is -0.814. The highest BCUT2D eigenvalue weighted by atomic mass is 32.2. The van der Waals surface area contributed by atoms with E-state index in [4.69, 9.17) is 0 Å². The molecular weight excluding hydrogens is 256 g/mol. The second kappa shape index (κ2) is 9.25. The topological polar surface area (TPSA) is 44.1 Å². The molecule has 0 aromatic carbocycles. The van der Waals surface area contributed by atoms with Crippen LogP contribution in [0.3, 0.4) is 0 Å². The van der Waals surface area contributed by atoms with Crippen LogP contribution in [-0.2, 0) is 4.79 Å². The molecule has 0 aliphatic carbocycles. The number of rotatable bonds is 9. The van der Waals surface area contributed by atoms with Gasteiger partial charge in [0.05, 0.1) is 6.07 Å². The molecule has 0 saturated carbocycles. The fourth-order valence-electron chi connectivity index (χ4n) is 2.37. The zero-order valence-corrected chi connectivity index (χ0v) is 13.8. The predicted molar refractivity (Wildman–Crippen MR) is 83.1 cm³/mol. The summed E-state index contributed by atoms with van der Waals surface area (Å²) in [4.78, 5) is 14.5. The van der Waals surface area contributed by atoms with E-state index < -0.39 is 5.41 Å². The van der Waals surface area contributed by atoms with E-state index in [1.807, 2.05) is 20.9 Å². The van der Waals surface area contributed by atoms with Crippen LogP contribution in [0.5, 0.6) is 0 Å². The van der Waals surface area contributed by atoms with Gasteiger partial charge in [-0.25, -0.2) is 0 Å². The summed E-state index contributed by atoms with van der Waals surface area (Å²) in [6, 6.07) is 2.51. The van der Waals surface area contributed by atoms with Gasteiger partial charge in [-0.15, -0.1) is 0 Å². The molecule has 0 saturated heterocycles. The highest BCUT2D eigenvalue weighted by molar-refractivity contribution is 7.98. The number of carbonyl (C=O) groups excluding carboxylic acids is 1. The Bertz CT molecular complexity index is 306. The predicted octanol–water partition coefficient (Wildman–Crippen LogP) is 3.70. The Labute approximate surface area is 122 Å². The number of amides is 1. The molecule has 0 fully saturated rings. The minimum Gasteiger partial charge on any atom is -0.342 e. The first kappa shape index (κ1) is 18.3. The van der Waals surface area contributed by atoms with Crippen LogP contribution >= 0.6 is 11.8 Å². The zero-order valence-electron chi connectivity index (χ0n) is 13.0. The Hall–Kier alpha value is -0.690. The van der Waals surface area contributed by atoms with Crippen LogP contribution in [0, 0.1) is 16.7 Å². The molecule has 0 heterocycles. The number of carbonyl (C=O) groups is 1. The number of nitrogens with zero attached hydrogens (tertiary/aromatic N) is 2. The molecule has 0 radical (unpaired) electrons. The van der Waals surface area contributed by atoms with Crippen LogP contribution in [-0.4, -0.2) is 35.9 Å². The maximum atomic E-state index is 12.7. The van der Waals surface area contributed by atoms with Crippen LogP contribution < -0.4 is 0 Å². The van der Waals surface area contributed by atoms with Crippen molar-refractivity contribution < 1.29 is 4.79 Å². The Balaban J connectivity index is 4.93. The molecule has 0 spiro atoms. The van der Waals surface area contributed by atoms with Gasteiger partial charge in [0, 0.05) is 13.1 Å². The van der Waals surface area contributed by atoms with Crippen molar-refractivity contribution in [3.8, 4) is 6.07 Å². The van der Waals surface area contributed by atoms with Crippen LogP contribution in [0.15, 0.2) is 0 Å². The molecule has 0 aliphatic rings. The normalized spacial score (nSPS) is 12.8. The summed E-state index contributed by atoms with van der Waals surface area (Å²) < 4.78 is 0. The zero-order chi connectivity index (χ0) is 14.9. The van der Waals surface area contributed by atoms with Crippen molar-refractivity contribution in [1.82, 2.24) is 4.90 Å². The average Bonchev–Trinajstić information content (AvgIpc) is 2.42. The lowest BCUT2D eigenvalue weighted by molar-refractivity contribution is -0.140. The molecule has 0 aromatic heterocycles. The molecule has 3 nitrogen and oxygen atoms in total. The lowest BCUT2D eigenvalue weighted by Gasteiger charge is -2.33. The molecule has 19 heavy (non-hydrogen) atoms. The number of hydrogen-bond acceptors (Lipinski definition) is 3. The van der Waals surface area contributed by atoms with Crippen molar-refractivity contribution in [1.29, 1.82) is 5.26 Å². The fraction of sp³-hybridized carbons (Fsp3) is 0.867. The summed E-state index contributed by atoms with van der Waals surface area (Å²) in [5.74, 6) is 1.05. The van der Waals surface area contributed by atoms with Crippen molar-refractivity contribution >= 4 is 17.7 Å². The SMILES string of the molecule is CCCC(C#N)(CCC)C(=O)N(C)C(C)CCSC. The molecule has 110 valence electrons. The van der Waals surface area contributed by atoms with E-state index in [1.165, 1.54) is 0 Å². The minimum absolute atomic E-state index is 0.00676. The van der Waals surface area contributed by atoms with E-state index in [9.17, 15) is 10.1 Å². The van der Waals surface area contributed by atoms with Gasteiger partial charge in [-0.05, 0) is 38.2 Å². The van der Waals surface area contributed by atoms with Crippen LogP contribution in [0.2, 0.25) is 0 Å². The standard InChI is InChI=1S/C15H28N2OS/c1-6-9-15(12-16,10-7-2)14(18)17(4)13(3)8-11-19-5/h13H,6-11H2,1-5H3. The van der Waals surface area contributed by atoms with Gasteiger partial charge in [-0.3, -0.25) is 4.79 Å². The third-order valence-electron chi connectivity index (χ3n) is 3.70. The highest BCUT2D eigenvalue weighted by Crippen LogP contribution is 2.32. The van der Waals surface area contributed by atoms with E-state index >= 15 is 0 Å². The Morgan fingerprint density at radius 1 is 1.37 bits per heavy atom. The van der Waals surface area contributed by atoms with E-state index in [1.54, 1.807) is 16.7 Å². The molecule has 1 unspecified atom stereocenters. The van der Waals surface area contributed by atoms with Gasteiger partial charge in [0.25, 0.3) is 0 Å². The quantitative estimate of drug-likeness (QED) is 0.648. The molecular formula is C15H28N2OS. The summed E-state index contributed by atoms with van der Waals surface area (Å²) in [6.07, 6.45) is 6.11. The monoisotopic (exact) mass is 284 g/mol. The number of hydrogen-bond donors (Lipinski definition) is 0. The van der Waals surface area contributed by atoms with Crippen LogP contribution in [0.1, 0.15) is 52.9 Å². The van der Waals surface area contributed by atoms with Gasteiger partial charge in [0.2, 0.25) is 5.91 Å². The molecule has 0 bridgehead atoms. The Kier molecular flexibility index (Phi) is 8.92. The molecule has 0 N–H and O–H groups in total. The third-order valence-corrected chi connectivity index (χ3v) is 4.34. The van der Waals surface area contributed by atoms with Gasteiger partial charge in [-0.2, -0.15) is 17.0 Å². The molecule has 0 rings (SSSR count). The number of nitriles is 1. The first-order valence-corrected chi connectivity index (χ1v) is 8.55. The average molecular weight is 284 g/mol.